The maximum Gasteiger partial charge on any atom is 0.416 e. The van der Waals surface area contributed by atoms with Crippen molar-refractivity contribution in [3.05, 3.63) is 34.9 Å². The molecule has 1 amide bonds. The molecule has 114 valence electrons. The van der Waals surface area contributed by atoms with Crippen LogP contribution in [0.2, 0.25) is 0 Å². The molecule has 2 nitrogen and oxygen atoms in total. The molecule has 0 spiro atoms. The molecule has 0 radical (unpaired) electrons. The summed E-state index contributed by atoms with van der Waals surface area (Å²) < 4.78 is 75.0. The van der Waals surface area contributed by atoms with Gasteiger partial charge < -0.3 is 4.90 Å². The number of carbonyl (C=O) groups excluding carboxylic acids is 1. The summed E-state index contributed by atoms with van der Waals surface area (Å²) in [5.74, 6) is 0. The van der Waals surface area contributed by atoms with Gasteiger partial charge in [-0.3, -0.25) is 4.79 Å². The topological polar surface area (TPSA) is 20.3 Å². The van der Waals surface area contributed by atoms with Crippen molar-refractivity contribution in [1.82, 2.24) is 4.90 Å². The van der Waals surface area contributed by atoms with Gasteiger partial charge in [0.15, 0.2) is 0 Å². The van der Waals surface area contributed by atoms with E-state index in [1.54, 1.807) is 0 Å². The minimum Gasteiger partial charge on any atom is -0.344 e. The Labute approximate surface area is 116 Å². The molecule has 0 aliphatic carbocycles. The van der Waals surface area contributed by atoms with Crippen LogP contribution in [-0.2, 0) is 23.7 Å². The van der Waals surface area contributed by atoms with Gasteiger partial charge in [-0.25, -0.2) is 0 Å². The summed E-state index contributed by atoms with van der Waals surface area (Å²) in [5.41, 5.74) is -3.02. The quantitative estimate of drug-likeness (QED) is 0.613. The normalized spacial score (nSPS) is 11.8. The Bertz CT molecular complexity index is 439. The maximum atomic E-state index is 12.5. The van der Waals surface area contributed by atoms with Crippen LogP contribution in [0.3, 0.4) is 0 Å². The van der Waals surface area contributed by atoms with Crippen LogP contribution in [0, 0.1) is 0 Å². The smallest absolute Gasteiger partial charge is 0.344 e. The Kier molecular flexibility index (Phi) is 5.88. The van der Waals surface area contributed by atoms with E-state index >= 15 is 0 Å². The zero-order valence-electron chi connectivity index (χ0n) is 10.0. The van der Waals surface area contributed by atoms with Gasteiger partial charge in [-0.2, -0.15) is 26.3 Å². The average Bonchev–Trinajstić information content (AvgIpc) is 2.26. The second-order valence-corrected chi connectivity index (χ2v) is 3.93. The van der Waals surface area contributed by atoms with E-state index in [1.165, 1.54) is 7.05 Å². The highest BCUT2D eigenvalue weighted by molar-refractivity contribution is 5.85. The molecule has 0 aliphatic rings. The van der Waals surface area contributed by atoms with E-state index in [0.717, 1.165) is 4.90 Å². The molecule has 1 aromatic rings. The van der Waals surface area contributed by atoms with Crippen molar-refractivity contribution in [3.63, 3.8) is 0 Å². The molecule has 0 saturated heterocycles. The Hall–Kier alpha value is -1.44. The van der Waals surface area contributed by atoms with Crippen molar-refractivity contribution in [1.29, 1.82) is 0 Å². The number of amides is 1. The first-order chi connectivity index (χ1) is 8.54. The van der Waals surface area contributed by atoms with Crippen LogP contribution in [0.4, 0.5) is 26.3 Å². The van der Waals surface area contributed by atoms with E-state index in [9.17, 15) is 31.1 Å². The minimum atomic E-state index is -4.88. The highest BCUT2D eigenvalue weighted by Gasteiger charge is 2.36. The molecule has 1 rings (SSSR count). The molecule has 0 fully saturated rings. The second-order valence-electron chi connectivity index (χ2n) is 3.93. The summed E-state index contributed by atoms with van der Waals surface area (Å²) in [4.78, 5) is 11.3. The number of hydrogen-bond donors (Lipinski definition) is 0. The first kappa shape index (κ1) is 18.6. The number of halogens is 7. The van der Waals surface area contributed by atoms with Crippen molar-refractivity contribution >= 4 is 18.8 Å². The molecule has 0 saturated carbocycles. The monoisotopic (exact) mass is 321 g/mol. The highest BCUT2D eigenvalue weighted by atomic mass is 35.5. The Morgan fingerprint density at radius 3 is 1.70 bits per heavy atom. The summed E-state index contributed by atoms with van der Waals surface area (Å²) >= 11 is 0. The van der Waals surface area contributed by atoms with Gasteiger partial charge >= 0.3 is 12.4 Å². The van der Waals surface area contributed by atoms with E-state index in [4.69, 9.17) is 0 Å². The van der Waals surface area contributed by atoms with Crippen molar-refractivity contribution in [2.24, 2.45) is 0 Å². The average molecular weight is 322 g/mol. The number of alkyl halides is 6. The number of carbonyl (C=O) groups is 1. The van der Waals surface area contributed by atoms with E-state index in [1.807, 2.05) is 0 Å². The van der Waals surface area contributed by atoms with Crippen LogP contribution in [0.25, 0.3) is 0 Å². The predicted octanol–water partition coefficient (Wildman–Crippen LogP) is 3.73. The summed E-state index contributed by atoms with van der Waals surface area (Å²) in [7, 11) is 1.25. The maximum absolute atomic E-state index is 12.5. The number of hydrogen-bond acceptors (Lipinski definition) is 1. The lowest BCUT2D eigenvalue weighted by Crippen LogP contribution is -2.17. The summed E-state index contributed by atoms with van der Waals surface area (Å²) in [6.07, 6.45) is -9.45. The Morgan fingerprint density at radius 1 is 1.00 bits per heavy atom. The Morgan fingerprint density at radius 2 is 1.40 bits per heavy atom. The van der Waals surface area contributed by atoms with Gasteiger partial charge in [0.05, 0.1) is 11.1 Å². The van der Waals surface area contributed by atoms with Crippen LogP contribution in [0.1, 0.15) is 16.7 Å². The molecule has 0 heterocycles. The lowest BCUT2D eigenvalue weighted by atomic mass is 10.0. The van der Waals surface area contributed by atoms with E-state index < -0.39 is 23.5 Å². The van der Waals surface area contributed by atoms with Gasteiger partial charge in [0.2, 0.25) is 6.41 Å². The molecule has 0 atom stereocenters. The lowest BCUT2D eigenvalue weighted by molar-refractivity contribution is -0.143. The SMILES string of the molecule is CN(C=O)Cc1cc(C(F)(F)F)cc(C(F)(F)F)c1.Cl. The van der Waals surface area contributed by atoms with Crippen LogP contribution >= 0.6 is 12.4 Å². The number of benzene rings is 1. The van der Waals surface area contributed by atoms with Gasteiger partial charge in [-0.05, 0) is 23.8 Å². The van der Waals surface area contributed by atoms with E-state index in [-0.39, 0.29) is 30.6 Å². The van der Waals surface area contributed by atoms with Crippen molar-refractivity contribution in [3.8, 4) is 0 Å². The third-order valence-electron chi connectivity index (χ3n) is 2.26. The largest absolute Gasteiger partial charge is 0.416 e. The zero-order valence-corrected chi connectivity index (χ0v) is 10.9. The zero-order chi connectivity index (χ0) is 14.8. The fourth-order valence-corrected chi connectivity index (χ4v) is 1.44. The molecular formula is C11H10ClF6NO. The molecule has 0 N–H and O–H groups in total. The lowest BCUT2D eigenvalue weighted by Gasteiger charge is -2.16. The molecule has 0 aliphatic heterocycles. The second kappa shape index (κ2) is 6.34. The standard InChI is InChI=1S/C11H9F6NO.ClH/c1-18(6-19)5-7-2-8(10(12,13)14)4-9(3-7)11(15,16)17;/h2-4,6H,5H2,1H3;1H. The van der Waals surface area contributed by atoms with Gasteiger partial charge in [0, 0.05) is 13.6 Å². The van der Waals surface area contributed by atoms with Crippen LogP contribution in [0.15, 0.2) is 18.2 Å². The summed E-state index contributed by atoms with van der Waals surface area (Å²) in [5, 5.41) is 0. The Balaban J connectivity index is 0.00000361. The van der Waals surface area contributed by atoms with E-state index in [0.29, 0.717) is 18.5 Å². The fourth-order valence-electron chi connectivity index (χ4n) is 1.44. The molecule has 0 unspecified atom stereocenters. The summed E-state index contributed by atoms with van der Waals surface area (Å²) in [6.45, 7) is -0.337. The summed E-state index contributed by atoms with van der Waals surface area (Å²) in [6, 6.07) is 1.23. The van der Waals surface area contributed by atoms with Gasteiger partial charge in [-0.1, -0.05) is 0 Å². The first-order valence-electron chi connectivity index (χ1n) is 4.98. The third-order valence-corrected chi connectivity index (χ3v) is 2.26. The molecule has 20 heavy (non-hydrogen) atoms. The molecule has 0 bridgehead atoms. The van der Waals surface area contributed by atoms with Crippen LogP contribution in [0.5, 0.6) is 0 Å². The molecular weight excluding hydrogens is 312 g/mol. The van der Waals surface area contributed by atoms with Gasteiger partial charge in [-0.15, -0.1) is 12.4 Å². The van der Waals surface area contributed by atoms with Crippen molar-refractivity contribution < 1.29 is 31.1 Å². The number of rotatable bonds is 3. The third kappa shape index (κ3) is 4.92. The number of nitrogens with zero attached hydrogens (tertiary/aromatic N) is 1. The minimum absolute atomic E-state index is 0. The van der Waals surface area contributed by atoms with Crippen LogP contribution < -0.4 is 0 Å². The van der Waals surface area contributed by atoms with E-state index in [2.05, 4.69) is 0 Å². The first-order valence-corrected chi connectivity index (χ1v) is 4.98. The highest BCUT2D eigenvalue weighted by Crippen LogP contribution is 2.36. The van der Waals surface area contributed by atoms with Crippen molar-refractivity contribution in [2.45, 2.75) is 18.9 Å². The molecule has 1 aromatic carbocycles. The fraction of sp³-hybridized carbons (Fsp3) is 0.364. The van der Waals surface area contributed by atoms with Crippen molar-refractivity contribution in [2.75, 3.05) is 7.05 Å². The van der Waals surface area contributed by atoms with Gasteiger partial charge in [0.25, 0.3) is 0 Å². The van der Waals surface area contributed by atoms with Gasteiger partial charge in [0.1, 0.15) is 0 Å². The molecule has 9 heteroatoms. The predicted molar refractivity (Wildman–Crippen MR) is 61.2 cm³/mol. The molecule has 0 aromatic heterocycles. The van der Waals surface area contributed by atoms with Crippen LogP contribution in [-0.4, -0.2) is 18.4 Å².